The number of para-hydroxylation sites is 1. The molecule has 0 radical (unpaired) electrons. The summed E-state index contributed by atoms with van der Waals surface area (Å²) in [6, 6.07) is 6.95. The van der Waals surface area contributed by atoms with Crippen molar-refractivity contribution in [2.45, 2.75) is 19.5 Å². The molecule has 9 heteroatoms. The van der Waals surface area contributed by atoms with E-state index in [2.05, 4.69) is 5.32 Å². The van der Waals surface area contributed by atoms with Gasteiger partial charge in [0.15, 0.2) is 0 Å². The van der Waals surface area contributed by atoms with Crippen LogP contribution in [0.1, 0.15) is 18.9 Å². The monoisotopic (exact) mass is 386 g/mol. The summed E-state index contributed by atoms with van der Waals surface area (Å²) in [5.41, 5.74) is -1.31. The van der Waals surface area contributed by atoms with Crippen molar-refractivity contribution in [3.05, 3.63) is 59.7 Å². The number of hydrogen-bond donors (Lipinski definition) is 1. The van der Waals surface area contributed by atoms with Gasteiger partial charge in [0.25, 0.3) is 0 Å². The smallest absolute Gasteiger partial charge is 0.321 e. The molecule has 2 amide bonds. The van der Waals surface area contributed by atoms with Gasteiger partial charge in [-0.15, -0.1) is 0 Å². The normalized spacial score (nSPS) is 11.2. The van der Waals surface area contributed by atoms with E-state index in [1.54, 1.807) is 0 Å². The molecule has 0 fully saturated rings. The van der Waals surface area contributed by atoms with Gasteiger partial charge in [-0.25, -0.2) is 8.78 Å². The fourth-order valence-electron chi connectivity index (χ4n) is 2.33. The summed E-state index contributed by atoms with van der Waals surface area (Å²) in [5, 5.41) is 2.08. The molecule has 0 aliphatic rings. The van der Waals surface area contributed by atoms with Crippen LogP contribution in [0.2, 0.25) is 0 Å². The zero-order chi connectivity index (χ0) is 20.2. The van der Waals surface area contributed by atoms with Crippen molar-refractivity contribution in [3.8, 4) is 0 Å². The SMILES string of the molecule is CC(=O)N(CCC(=O)Nc1c(F)cccc1F)c1ccc(C(F)(F)F)cc1. The number of benzene rings is 2. The van der Waals surface area contributed by atoms with Crippen molar-refractivity contribution < 1.29 is 31.5 Å². The van der Waals surface area contributed by atoms with E-state index in [1.165, 1.54) is 6.92 Å². The molecular formula is C18H15F5N2O2. The lowest BCUT2D eigenvalue weighted by Crippen LogP contribution is -2.32. The average molecular weight is 386 g/mol. The van der Waals surface area contributed by atoms with Crippen molar-refractivity contribution in [1.29, 1.82) is 0 Å². The topological polar surface area (TPSA) is 49.4 Å². The van der Waals surface area contributed by atoms with Gasteiger partial charge in [-0.2, -0.15) is 13.2 Å². The Morgan fingerprint density at radius 1 is 1.00 bits per heavy atom. The molecule has 4 nitrogen and oxygen atoms in total. The Morgan fingerprint density at radius 3 is 2.04 bits per heavy atom. The van der Waals surface area contributed by atoms with E-state index in [0.29, 0.717) is 0 Å². The highest BCUT2D eigenvalue weighted by Gasteiger charge is 2.30. The van der Waals surface area contributed by atoms with Crippen LogP contribution in [0.5, 0.6) is 0 Å². The molecule has 0 aliphatic heterocycles. The average Bonchev–Trinajstić information content (AvgIpc) is 2.58. The summed E-state index contributed by atoms with van der Waals surface area (Å²) in [4.78, 5) is 24.8. The summed E-state index contributed by atoms with van der Waals surface area (Å²) in [7, 11) is 0. The second-order valence-corrected chi connectivity index (χ2v) is 5.61. The van der Waals surface area contributed by atoms with Crippen LogP contribution < -0.4 is 10.2 Å². The first-order valence-electron chi connectivity index (χ1n) is 7.79. The highest BCUT2D eigenvalue weighted by Crippen LogP contribution is 2.30. The lowest BCUT2D eigenvalue weighted by molar-refractivity contribution is -0.137. The Morgan fingerprint density at radius 2 is 1.56 bits per heavy atom. The fraction of sp³-hybridized carbons (Fsp3) is 0.222. The van der Waals surface area contributed by atoms with Crippen molar-refractivity contribution in [1.82, 2.24) is 0 Å². The van der Waals surface area contributed by atoms with Gasteiger partial charge in [-0.3, -0.25) is 9.59 Å². The van der Waals surface area contributed by atoms with Crippen LogP contribution in [0.4, 0.5) is 33.3 Å². The molecule has 0 spiro atoms. The lowest BCUT2D eigenvalue weighted by Gasteiger charge is -2.21. The van der Waals surface area contributed by atoms with E-state index < -0.39 is 40.9 Å². The zero-order valence-corrected chi connectivity index (χ0v) is 14.1. The Balaban J connectivity index is 2.06. The van der Waals surface area contributed by atoms with E-state index in [0.717, 1.165) is 47.4 Å². The van der Waals surface area contributed by atoms with Gasteiger partial charge in [0, 0.05) is 25.6 Å². The van der Waals surface area contributed by atoms with Gasteiger partial charge in [0.2, 0.25) is 11.8 Å². The Kier molecular flexibility index (Phi) is 6.14. The minimum absolute atomic E-state index is 0.167. The molecule has 144 valence electrons. The molecule has 1 N–H and O–H groups in total. The molecule has 2 rings (SSSR count). The first-order valence-corrected chi connectivity index (χ1v) is 7.79. The zero-order valence-electron chi connectivity index (χ0n) is 14.1. The van der Waals surface area contributed by atoms with E-state index in [1.807, 2.05) is 0 Å². The molecule has 0 atom stereocenters. The van der Waals surface area contributed by atoms with Crippen LogP contribution in [0, 0.1) is 11.6 Å². The second kappa shape index (κ2) is 8.15. The summed E-state index contributed by atoms with van der Waals surface area (Å²) >= 11 is 0. The van der Waals surface area contributed by atoms with Gasteiger partial charge >= 0.3 is 6.18 Å². The number of halogens is 5. The number of carbonyl (C=O) groups excluding carboxylic acids is 2. The highest BCUT2D eigenvalue weighted by molar-refractivity contribution is 5.94. The molecule has 2 aromatic carbocycles. The van der Waals surface area contributed by atoms with Crippen molar-refractivity contribution in [3.63, 3.8) is 0 Å². The van der Waals surface area contributed by atoms with Crippen molar-refractivity contribution in [2.24, 2.45) is 0 Å². The summed E-state index contributed by atoms with van der Waals surface area (Å²) < 4.78 is 64.9. The number of anilines is 2. The molecule has 0 aromatic heterocycles. The minimum atomic E-state index is -4.51. The van der Waals surface area contributed by atoms with Gasteiger partial charge in [-0.1, -0.05) is 6.07 Å². The van der Waals surface area contributed by atoms with Crippen LogP contribution in [0.3, 0.4) is 0 Å². The third-order valence-corrected chi connectivity index (χ3v) is 3.68. The summed E-state index contributed by atoms with van der Waals surface area (Å²) in [6.07, 6.45) is -4.82. The quantitative estimate of drug-likeness (QED) is 0.776. The molecule has 0 saturated heterocycles. The summed E-state index contributed by atoms with van der Waals surface area (Å²) in [5.74, 6) is -3.15. The largest absolute Gasteiger partial charge is 0.416 e. The van der Waals surface area contributed by atoms with E-state index in [9.17, 15) is 31.5 Å². The van der Waals surface area contributed by atoms with Crippen LogP contribution >= 0.6 is 0 Å². The molecule has 0 unspecified atom stereocenters. The highest BCUT2D eigenvalue weighted by atomic mass is 19.4. The number of carbonyl (C=O) groups is 2. The fourth-order valence-corrected chi connectivity index (χ4v) is 2.33. The number of nitrogens with one attached hydrogen (secondary N) is 1. The van der Waals surface area contributed by atoms with E-state index >= 15 is 0 Å². The predicted octanol–water partition coefficient (Wildman–Crippen LogP) is 4.37. The first kappa shape index (κ1) is 20.3. The number of amides is 2. The van der Waals surface area contributed by atoms with Crippen molar-refractivity contribution >= 4 is 23.2 Å². The van der Waals surface area contributed by atoms with Gasteiger partial charge < -0.3 is 10.2 Å². The number of hydrogen-bond acceptors (Lipinski definition) is 2. The number of alkyl halides is 3. The van der Waals surface area contributed by atoms with E-state index in [4.69, 9.17) is 0 Å². The minimum Gasteiger partial charge on any atom is -0.321 e. The standard InChI is InChI=1S/C18H15F5N2O2/c1-11(26)25(13-7-5-12(6-8-13)18(21,22)23)10-9-16(27)24-17-14(19)3-2-4-15(17)20/h2-8H,9-10H2,1H3,(H,24,27). The van der Waals surface area contributed by atoms with Crippen molar-refractivity contribution in [2.75, 3.05) is 16.8 Å². The lowest BCUT2D eigenvalue weighted by atomic mass is 10.2. The first-order chi connectivity index (χ1) is 12.6. The number of nitrogens with zero attached hydrogens (tertiary/aromatic N) is 1. The molecule has 0 saturated carbocycles. The van der Waals surface area contributed by atoms with Gasteiger partial charge in [0.1, 0.15) is 17.3 Å². The second-order valence-electron chi connectivity index (χ2n) is 5.61. The predicted molar refractivity (Wildman–Crippen MR) is 89.1 cm³/mol. The molecule has 0 aliphatic carbocycles. The molecule has 0 heterocycles. The molecule has 0 bridgehead atoms. The maximum atomic E-state index is 13.5. The summed E-state index contributed by atoms with van der Waals surface area (Å²) in [6.45, 7) is 1.01. The molecule has 27 heavy (non-hydrogen) atoms. The Bertz CT molecular complexity index is 814. The van der Waals surface area contributed by atoms with E-state index in [-0.39, 0.29) is 18.7 Å². The molecular weight excluding hydrogens is 371 g/mol. The van der Waals surface area contributed by atoms with Gasteiger partial charge in [-0.05, 0) is 36.4 Å². The van der Waals surface area contributed by atoms with Crippen LogP contribution in [-0.2, 0) is 15.8 Å². The van der Waals surface area contributed by atoms with Crippen LogP contribution in [0.15, 0.2) is 42.5 Å². The maximum absolute atomic E-state index is 13.5. The van der Waals surface area contributed by atoms with Crippen LogP contribution in [-0.4, -0.2) is 18.4 Å². The Hall–Kier alpha value is -2.97. The van der Waals surface area contributed by atoms with Crippen LogP contribution in [0.25, 0.3) is 0 Å². The number of rotatable bonds is 5. The van der Waals surface area contributed by atoms with Gasteiger partial charge in [0.05, 0.1) is 5.56 Å². The Labute approximate surface area is 151 Å². The molecule has 2 aromatic rings. The maximum Gasteiger partial charge on any atom is 0.416 e. The third kappa shape index (κ3) is 5.25. The third-order valence-electron chi connectivity index (χ3n) is 3.68.